The van der Waals surface area contributed by atoms with Crippen LogP contribution in [0.2, 0.25) is 0 Å². The summed E-state index contributed by atoms with van der Waals surface area (Å²) in [7, 11) is 0. The Morgan fingerprint density at radius 1 is 1.33 bits per heavy atom. The van der Waals surface area contributed by atoms with Crippen LogP contribution in [0.1, 0.15) is 24.8 Å². The monoisotopic (exact) mass is 260 g/mol. The van der Waals surface area contributed by atoms with Crippen molar-refractivity contribution in [3.8, 4) is 0 Å². The molecule has 1 saturated heterocycles. The Morgan fingerprint density at radius 3 is 2.67 bits per heavy atom. The lowest BCUT2D eigenvalue weighted by molar-refractivity contribution is -0.137. The average molecular weight is 260 g/mol. The van der Waals surface area contributed by atoms with Gasteiger partial charge in [0, 0.05) is 12.7 Å². The van der Waals surface area contributed by atoms with Gasteiger partial charge >= 0.3 is 6.18 Å². The minimum Gasteiger partial charge on any atom is -0.394 e. The SMILES string of the molecule is OCC1CCCCN1c1ccc(C(F)(F)F)cn1. The Hall–Kier alpha value is -1.30. The van der Waals surface area contributed by atoms with E-state index in [2.05, 4.69) is 4.98 Å². The molecule has 0 bridgehead atoms. The van der Waals surface area contributed by atoms with Crippen molar-refractivity contribution in [2.75, 3.05) is 18.1 Å². The van der Waals surface area contributed by atoms with Crippen LogP contribution in [0, 0.1) is 0 Å². The lowest BCUT2D eigenvalue weighted by atomic mass is 10.0. The fraction of sp³-hybridized carbons (Fsp3) is 0.583. The second-order valence-electron chi connectivity index (χ2n) is 4.43. The fourth-order valence-electron chi connectivity index (χ4n) is 2.22. The molecule has 1 unspecified atom stereocenters. The van der Waals surface area contributed by atoms with Gasteiger partial charge < -0.3 is 10.0 Å². The van der Waals surface area contributed by atoms with E-state index in [9.17, 15) is 18.3 Å². The first kappa shape index (κ1) is 13.1. The number of aliphatic hydroxyl groups is 1. The fourth-order valence-corrected chi connectivity index (χ4v) is 2.22. The number of aliphatic hydroxyl groups excluding tert-OH is 1. The van der Waals surface area contributed by atoms with Gasteiger partial charge in [-0.05, 0) is 31.4 Å². The smallest absolute Gasteiger partial charge is 0.394 e. The summed E-state index contributed by atoms with van der Waals surface area (Å²) in [4.78, 5) is 5.74. The molecule has 0 saturated carbocycles. The summed E-state index contributed by atoms with van der Waals surface area (Å²) in [5, 5.41) is 9.26. The van der Waals surface area contributed by atoms with Gasteiger partial charge in [-0.15, -0.1) is 0 Å². The summed E-state index contributed by atoms with van der Waals surface area (Å²) in [6, 6.07) is 2.37. The highest BCUT2D eigenvalue weighted by Gasteiger charge is 2.31. The van der Waals surface area contributed by atoms with E-state index in [1.165, 1.54) is 6.07 Å². The molecule has 0 spiro atoms. The van der Waals surface area contributed by atoms with Crippen LogP contribution in [0.25, 0.3) is 0 Å². The molecule has 1 atom stereocenters. The summed E-state index contributed by atoms with van der Waals surface area (Å²) in [6.07, 6.45) is -0.664. The van der Waals surface area contributed by atoms with Crippen molar-refractivity contribution in [3.05, 3.63) is 23.9 Å². The predicted octanol–water partition coefficient (Wildman–Crippen LogP) is 2.45. The number of anilines is 1. The van der Waals surface area contributed by atoms with E-state index >= 15 is 0 Å². The molecule has 0 radical (unpaired) electrons. The Labute approximate surface area is 103 Å². The number of pyridine rings is 1. The van der Waals surface area contributed by atoms with Crippen LogP contribution in [0.3, 0.4) is 0 Å². The third kappa shape index (κ3) is 2.75. The molecule has 1 aliphatic heterocycles. The molecule has 1 fully saturated rings. The third-order valence-corrected chi connectivity index (χ3v) is 3.21. The van der Waals surface area contributed by atoms with Gasteiger partial charge in [0.1, 0.15) is 5.82 Å². The minimum absolute atomic E-state index is 0.00268. The van der Waals surface area contributed by atoms with Crippen LogP contribution in [0.15, 0.2) is 18.3 Å². The van der Waals surface area contributed by atoms with E-state index in [-0.39, 0.29) is 12.6 Å². The summed E-state index contributed by atoms with van der Waals surface area (Å²) < 4.78 is 37.2. The van der Waals surface area contributed by atoms with Crippen LogP contribution < -0.4 is 4.90 Å². The van der Waals surface area contributed by atoms with Crippen LogP contribution in [-0.2, 0) is 6.18 Å². The normalized spacial score (nSPS) is 21.1. The maximum atomic E-state index is 12.4. The molecular weight excluding hydrogens is 245 g/mol. The van der Waals surface area contributed by atoms with Crippen molar-refractivity contribution in [1.82, 2.24) is 4.98 Å². The lowest BCUT2D eigenvalue weighted by Gasteiger charge is -2.35. The van der Waals surface area contributed by atoms with Gasteiger partial charge in [0.15, 0.2) is 0 Å². The highest BCUT2D eigenvalue weighted by Crippen LogP contribution is 2.30. The van der Waals surface area contributed by atoms with Gasteiger partial charge in [0.25, 0.3) is 0 Å². The molecule has 0 amide bonds. The zero-order chi connectivity index (χ0) is 13.2. The van der Waals surface area contributed by atoms with Crippen molar-refractivity contribution in [2.45, 2.75) is 31.5 Å². The highest BCUT2D eigenvalue weighted by atomic mass is 19.4. The molecule has 2 heterocycles. The number of halogens is 3. The van der Waals surface area contributed by atoms with E-state index in [4.69, 9.17) is 0 Å². The van der Waals surface area contributed by atoms with E-state index in [0.717, 1.165) is 38.1 Å². The van der Waals surface area contributed by atoms with Gasteiger partial charge in [0.2, 0.25) is 0 Å². The van der Waals surface area contributed by atoms with E-state index < -0.39 is 11.7 Å². The molecule has 6 heteroatoms. The van der Waals surface area contributed by atoms with Gasteiger partial charge in [-0.2, -0.15) is 13.2 Å². The first-order valence-corrected chi connectivity index (χ1v) is 5.93. The second-order valence-corrected chi connectivity index (χ2v) is 4.43. The van der Waals surface area contributed by atoms with Crippen molar-refractivity contribution in [2.24, 2.45) is 0 Å². The molecule has 1 aromatic heterocycles. The summed E-state index contributed by atoms with van der Waals surface area (Å²) in [5.41, 5.74) is -0.746. The van der Waals surface area contributed by atoms with Gasteiger partial charge in [0.05, 0.1) is 18.2 Å². The number of nitrogens with zero attached hydrogens (tertiary/aromatic N) is 2. The first-order valence-electron chi connectivity index (χ1n) is 5.93. The molecule has 100 valence electrons. The van der Waals surface area contributed by atoms with Crippen LogP contribution >= 0.6 is 0 Å². The number of hydrogen-bond acceptors (Lipinski definition) is 3. The Bertz CT molecular complexity index is 391. The molecule has 0 aromatic carbocycles. The number of alkyl halides is 3. The summed E-state index contributed by atoms with van der Waals surface area (Å²) >= 11 is 0. The van der Waals surface area contributed by atoms with E-state index in [1.807, 2.05) is 4.90 Å². The van der Waals surface area contributed by atoms with E-state index in [1.54, 1.807) is 0 Å². The van der Waals surface area contributed by atoms with Crippen molar-refractivity contribution in [3.63, 3.8) is 0 Å². The van der Waals surface area contributed by atoms with Crippen LogP contribution in [0.4, 0.5) is 19.0 Å². The predicted molar refractivity (Wildman–Crippen MR) is 61.3 cm³/mol. The van der Waals surface area contributed by atoms with Crippen LogP contribution in [-0.4, -0.2) is 29.3 Å². The highest BCUT2D eigenvalue weighted by molar-refractivity contribution is 5.41. The molecule has 1 N–H and O–H groups in total. The number of rotatable bonds is 2. The molecule has 1 aliphatic rings. The van der Waals surface area contributed by atoms with E-state index in [0.29, 0.717) is 5.82 Å². The zero-order valence-corrected chi connectivity index (χ0v) is 9.82. The van der Waals surface area contributed by atoms with Gasteiger partial charge in [-0.3, -0.25) is 0 Å². The maximum Gasteiger partial charge on any atom is 0.417 e. The zero-order valence-electron chi connectivity index (χ0n) is 9.82. The number of piperidine rings is 1. The molecular formula is C12H15F3N2O. The van der Waals surface area contributed by atoms with Crippen LogP contribution in [0.5, 0.6) is 0 Å². The molecule has 1 aromatic rings. The van der Waals surface area contributed by atoms with Crippen molar-refractivity contribution < 1.29 is 18.3 Å². The summed E-state index contributed by atoms with van der Waals surface area (Å²) in [6.45, 7) is 0.728. The average Bonchev–Trinajstić information content (AvgIpc) is 2.38. The topological polar surface area (TPSA) is 36.4 Å². The first-order chi connectivity index (χ1) is 8.52. The largest absolute Gasteiger partial charge is 0.417 e. The van der Waals surface area contributed by atoms with Gasteiger partial charge in [-0.25, -0.2) is 4.98 Å². The van der Waals surface area contributed by atoms with Crippen molar-refractivity contribution in [1.29, 1.82) is 0 Å². The Balaban J connectivity index is 2.18. The molecule has 18 heavy (non-hydrogen) atoms. The molecule has 0 aliphatic carbocycles. The maximum absolute atomic E-state index is 12.4. The quantitative estimate of drug-likeness (QED) is 0.887. The molecule has 3 nitrogen and oxygen atoms in total. The Morgan fingerprint density at radius 2 is 2.11 bits per heavy atom. The lowest BCUT2D eigenvalue weighted by Crippen LogP contribution is -2.42. The minimum atomic E-state index is -4.36. The summed E-state index contributed by atoms with van der Waals surface area (Å²) in [5.74, 6) is 0.502. The standard InChI is InChI=1S/C12H15F3N2O/c13-12(14,15)9-4-5-11(16-7-9)17-6-2-1-3-10(17)8-18/h4-5,7,10,18H,1-3,6,8H2. The number of aromatic nitrogens is 1. The second kappa shape index (κ2) is 5.14. The number of hydrogen-bond donors (Lipinski definition) is 1. The third-order valence-electron chi connectivity index (χ3n) is 3.21. The molecule has 2 rings (SSSR count). The Kier molecular flexibility index (Phi) is 3.75. The van der Waals surface area contributed by atoms with Crippen molar-refractivity contribution >= 4 is 5.82 Å². The van der Waals surface area contributed by atoms with Gasteiger partial charge in [-0.1, -0.05) is 0 Å².